The molecule has 234 valence electrons. The minimum Gasteiger partial charge on any atom is -0.456 e. The highest BCUT2D eigenvalue weighted by molar-refractivity contribution is 6.00. The maximum Gasteiger partial charge on any atom is 0.339 e. The molecule has 2 aliphatic heterocycles. The van der Waals surface area contributed by atoms with Crippen LogP contribution in [0.4, 0.5) is 0 Å². The highest BCUT2D eigenvalue weighted by Crippen LogP contribution is 2.45. The summed E-state index contributed by atoms with van der Waals surface area (Å²) in [5.41, 5.74) is 4.34. The van der Waals surface area contributed by atoms with Gasteiger partial charge in [-0.3, -0.25) is 0 Å². The van der Waals surface area contributed by atoms with Crippen LogP contribution in [0.3, 0.4) is 0 Å². The smallest absolute Gasteiger partial charge is 0.339 e. The van der Waals surface area contributed by atoms with Crippen molar-refractivity contribution in [2.75, 3.05) is 26.2 Å². The predicted octanol–water partition coefficient (Wildman–Crippen LogP) is 9.06. The van der Waals surface area contributed by atoms with Gasteiger partial charge in [0.05, 0.1) is 5.56 Å². The average molecular weight is 577 g/mol. The summed E-state index contributed by atoms with van der Waals surface area (Å²) in [5, 5.41) is 7.02. The SMILES string of the molecule is C=C(CC(C)(C)C1CCNCC1)c1cccc(C(=C)CC(C)(C)C2CCNCC2)c1C(=O)OC(C)(C)C1CCCCC1. The van der Waals surface area contributed by atoms with Crippen molar-refractivity contribution in [2.45, 2.75) is 118 Å². The molecule has 0 aromatic heterocycles. The van der Waals surface area contributed by atoms with Gasteiger partial charge in [0.25, 0.3) is 0 Å². The minimum absolute atomic E-state index is 0.103. The summed E-state index contributed by atoms with van der Waals surface area (Å²) in [6.45, 7) is 27.3. The van der Waals surface area contributed by atoms with E-state index in [2.05, 4.69) is 83.5 Å². The molecule has 4 rings (SSSR count). The molecule has 0 bridgehead atoms. The van der Waals surface area contributed by atoms with Gasteiger partial charge in [-0.2, -0.15) is 0 Å². The quantitative estimate of drug-likeness (QED) is 0.258. The molecule has 2 saturated heterocycles. The van der Waals surface area contributed by atoms with Crippen LogP contribution in [-0.2, 0) is 4.74 Å². The van der Waals surface area contributed by atoms with Gasteiger partial charge in [-0.05, 0) is 142 Å². The molecular formula is C38H60N2O2. The van der Waals surface area contributed by atoms with Crippen LogP contribution in [0.15, 0.2) is 31.4 Å². The van der Waals surface area contributed by atoms with E-state index in [1.807, 2.05) is 0 Å². The normalized spacial score (nSPS) is 20.3. The van der Waals surface area contributed by atoms with Crippen molar-refractivity contribution in [3.05, 3.63) is 48.0 Å². The fourth-order valence-corrected chi connectivity index (χ4v) is 8.32. The van der Waals surface area contributed by atoms with Crippen LogP contribution in [0.2, 0.25) is 0 Å². The van der Waals surface area contributed by atoms with Gasteiger partial charge in [0.1, 0.15) is 5.60 Å². The summed E-state index contributed by atoms with van der Waals surface area (Å²) in [4.78, 5) is 14.4. The molecule has 4 nitrogen and oxygen atoms in total. The van der Waals surface area contributed by atoms with E-state index in [4.69, 9.17) is 4.74 Å². The number of carbonyl (C=O) groups excluding carboxylic acids is 1. The Hall–Kier alpha value is -1.91. The van der Waals surface area contributed by atoms with Crippen LogP contribution >= 0.6 is 0 Å². The third-order valence-corrected chi connectivity index (χ3v) is 11.2. The van der Waals surface area contributed by atoms with Gasteiger partial charge >= 0.3 is 5.97 Å². The Bertz CT molecular complexity index is 1030. The van der Waals surface area contributed by atoms with E-state index >= 15 is 0 Å². The largest absolute Gasteiger partial charge is 0.456 e. The summed E-state index contributed by atoms with van der Waals surface area (Å²) >= 11 is 0. The van der Waals surface area contributed by atoms with Crippen molar-refractivity contribution in [2.24, 2.45) is 28.6 Å². The minimum atomic E-state index is -0.507. The zero-order valence-electron chi connectivity index (χ0n) is 27.8. The monoisotopic (exact) mass is 576 g/mol. The molecule has 0 atom stereocenters. The molecule has 0 radical (unpaired) electrons. The first-order chi connectivity index (χ1) is 19.8. The number of hydrogen-bond acceptors (Lipinski definition) is 4. The molecular weight excluding hydrogens is 516 g/mol. The van der Waals surface area contributed by atoms with E-state index in [0.29, 0.717) is 23.3 Å². The van der Waals surface area contributed by atoms with Crippen LogP contribution in [0, 0.1) is 28.6 Å². The number of nitrogens with one attached hydrogen (secondary N) is 2. The second kappa shape index (κ2) is 13.8. The standard InChI is InChI=1S/C38H60N2O2/c1-27(25-36(3,4)29-17-21-39-22-18-29)32-15-12-16-33(28(2)26-37(5,6)30-19-23-40-24-20-30)34(32)35(41)42-38(7,8)31-13-10-9-11-14-31/h12,15-16,29-31,39-40H,1-2,9-11,13-14,17-26H2,3-8H3. The van der Waals surface area contributed by atoms with E-state index < -0.39 is 5.60 Å². The van der Waals surface area contributed by atoms with E-state index in [0.717, 1.165) is 74.1 Å². The lowest BCUT2D eigenvalue weighted by Crippen LogP contribution is -2.38. The summed E-state index contributed by atoms with van der Waals surface area (Å²) < 4.78 is 6.50. The maximum atomic E-state index is 14.4. The predicted molar refractivity (Wildman–Crippen MR) is 179 cm³/mol. The molecule has 3 aliphatic rings. The molecule has 1 aromatic carbocycles. The van der Waals surface area contributed by atoms with Gasteiger partial charge in [-0.15, -0.1) is 0 Å². The first kappa shape index (κ1) is 33.0. The van der Waals surface area contributed by atoms with Crippen LogP contribution < -0.4 is 10.6 Å². The summed E-state index contributed by atoms with van der Waals surface area (Å²) in [6, 6.07) is 6.29. The van der Waals surface area contributed by atoms with Crippen molar-refractivity contribution in [3.8, 4) is 0 Å². The Morgan fingerprint density at radius 3 is 1.57 bits per heavy atom. The van der Waals surface area contributed by atoms with E-state index in [1.165, 1.54) is 44.9 Å². The number of esters is 1. The second-order valence-corrected chi connectivity index (χ2v) is 15.6. The van der Waals surface area contributed by atoms with Crippen LogP contribution in [0.5, 0.6) is 0 Å². The Labute approximate surface area is 257 Å². The third kappa shape index (κ3) is 7.97. The Kier molecular flexibility index (Phi) is 10.8. The first-order valence-electron chi connectivity index (χ1n) is 17.0. The summed E-state index contributed by atoms with van der Waals surface area (Å²) in [5.74, 6) is 1.47. The molecule has 4 heteroatoms. The van der Waals surface area contributed by atoms with E-state index in [1.54, 1.807) is 0 Å². The fraction of sp³-hybridized carbons (Fsp3) is 0.711. The molecule has 2 heterocycles. The molecule has 3 fully saturated rings. The van der Waals surface area contributed by atoms with Gasteiger partial charge in [0, 0.05) is 0 Å². The average Bonchev–Trinajstić information content (AvgIpc) is 2.97. The lowest BCUT2D eigenvalue weighted by Gasteiger charge is -2.39. The molecule has 42 heavy (non-hydrogen) atoms. The first-order valence-corrected chi connectivity index (χ1v) is 17.0. The van der Waals surface area contributed by atoms with Crippen molar-refractivity contribution < 1.29 is 9.53 Å². The number of piperidine rings is 2. The van der Waals surface area contributed by atoms with Crippen molar-refractivity contribution >= 4 is 17.1 Å². The molecule has 0 unspecified atom stereocenters. The van der Waals surface area contributed by atoms with Gasteiger partial charge in [-0.1, -0.05) is 78.3 Å². The molecule has 1 aliphatic carbocycles. The fourth-order valence-electron chi connectivity index (χ4n) is 8.32. The van der Waals surface area contributed by atoms with E-state index in [9.17, 15) is 4.79 Å². The Morgan fingerprint density at radius 1 is 0.714 bits per heavy atom. The molecule has 1 aromatic rings. The number of allylic oxidation sites excluding steroid dienone is 2. The summed E-state index contributed by atoms with van der Waals surface area (Å²) in [6.07, 6.45) is 12.5. The lowest BCUT2D eigenvalue weighted by atomic mass is 9.68. The zero-order valence-corrected chi connectivity index (χ0v) is 27.8. The van der Waals surface area contributed by atoms with Crippen molar-refractivity contribution in [1.82, 2.24) is 10.6 Å². The van der Waals surface area contributed by atoms with Crippen LogP contribution in [0.25, 0.3) is 11.1 Å². The van der Waals surface area contributed by atoms with Crippen molar-refractivity contribution in [1.29, 1.82) is 0 Å². The molecule has 0 spiro atoms. The Balaban J connectivity index is 1.66. The maximum absolute atomic E-state index is 14.4. The number of hydrogen-bond donors (Lipinski definition) is 2. The number of rotatable bonds is 11. The molecule has 0 amide bonds. The number of benzene rings is 1. The van der Waals surface area contributed by atoms with Gasteiger partial charge in [0.2, 0.25) is 0 Å². The number of ether oxygens (including phenoxy) is 1. The van der Waals surface area contributed by atoms with Gasteiger partial charge < -0.3 is 15.4 Å². The van der Waals surface area contributed by atoms with Gasteiger partial charge in [0.15, 0.2) is 0 Å². The lowest BCUT2D eigenvalue weighted by molar-refractivity contribution is -0.0385. The van der Waals surface area contributed by atoms with Crippen LogP contribution in [-0.4, -0.2) is 37.7 Å². The summed E-state index contributed by atoms with van der Waals surface area (Å²) in [7, 11) is 0. The Morgan fingerprint density at radius 2 is 1.14 bits per heavy atom. The third-order valence-electron chi connectivity index (χ3n) is 11.2. The highest BCUT2D eigenvalue weighted by Gasteiger charge is 2.38. The van der Waals surface area contributed by atoms with Crippen molar-refractivity contribution in [3.63, 3.8) is 0 Å². The zero-order chi connectivity index (χ0) is 30.5. The van der Waals surface area contributed by atoms with Crippen LogP contribution in [0.1, 0.15) is 134 Å². The van der Waals surface area contributed by atoms with Gasteiger partial charge in [-0.25, -0.2) is 4.79 Å². The number of carbonyl (C=O) groups is 1. The topological polar surface area (TPSA) is 50.4 Å². The molecule has 2 N–H and O–H groups in total. The van der Waals surface area contributed by atoms with E-state index in [-0.39, 0.29) is 16.8 Å². The molecule has 1 saturated carbocycles. The second-order valence-electron chi connectivity index (χ2n) is 15.6. The highest BCUT2D eigenvalue weighted by atomic mass is 16.6.